The number of carbonyl (C=O) groups excluding carboxylic acids is 1. The zero-order valence-electron chi connectivity index (χ0n) is 18.3. The van der Waals surface area contributed by atoms with Crippen LogP contribution >= 0.6 is 23.1 Å². The van der Waals surface area contributed by atoms with Gasteiger partial charge in [-0.1, -0.05) is 56.7 Å². The van der Waals surface area contributed by atoms with Crippen molar-refractivity contribution in [2.75, 3.05) is 34.8 Å². The Morgan fingerprint density at radius 1 is 1.19 bits per heavy atom. The number of unbranched alkanes of at least 4 members (excludes halogenated alkanes) is 2. The van der Waals surface area contributed by atoms with Crippen molar-refractivity contribution in [1.29, 1.82) is 0 Å². The summed E-state index contributed by atoms with van der Waals surface area (Å²) >= 11 is 2.66. The highest BCUT2D eigenvalue weighted by Gasteiger charge is 2.24. The molecule has 2 aromatic rings. The summed E-state index contributed by atoms with van der Waals surface area (Å²) in [6, 6.07) is 0. The predicted octanol–water partition coefficient (Wildman–Crippen LogP) is 2.52. The fourth-order valence-corrected chi connectivity index (χ4v) is 4.53. The van der Waals surface area contributed by atoms with E-state index in [0.29, 0.717) is 30.3 Å². The largest absolute Gasteiger partial charge is 0.383 e. The van der Waals surface area contributed by atoms with Gasteiger partial charge in [0.05, 0.1) is 5.75 Å². The summed E-state index contributed by atoms with van der Waals surface area (Å²) in [5.41, 5.74) is 4.98. The molecule has 0 aromatic carbocycles. The number of nitrogens with zero attached hydrogens (tertiary/aromatic N) is 4. The normalized spacial score (nSPS) is 10.9. The molecule has 0 aliphatic carbocycles. The summed E-state index contributed by atoms with van der Waals surface area (Å²) in [7, 11) is 0. The molecule has 0 spiro atoms. The number of carbonyl (C=O) groups is 1. The third-order valence-electron chi connectivity index (χ3n) is 4.50. The Hall–Kier alpha value is -2.34. The molecule has 0 aliphatic heterocycles. The predicted molar refractivity (Wildman–Crippen MR) is 127 cm³/mol. The minimum atomic E-state index is -0.650. The molecule has 2 heterocycles. The molecule has 31 heavy (non-hydrogen) atoms. The van der Waals surface area contributed by atoms with Crippen molar-refractivity contribution in [1.82, 2.24) is 19.7 Å². The highest BCUT2D eigenvalue weighted by molar-refractivity contribution is 8.01. The van der Waals surface area contributed by atoms with Gasteiger partial charge in [-0.05, 0) is 19.3 Å². The molecule has 0 atom stereocenters. The number of hydrogen-bond acceptors (Lipinski definition) is 9. The molecule has 172 valence electrons. The van der Waals surface area contributed by atoms with Crippen LogP contribution in [0.25, 0.3) is 0 Å². The van der Waals surface area contributed by atoms with Gasteiger partial charge in [-0.15, -0.1) is 10.2 Å². The fraction of sp³-hybridized carbons (Fsp3) is 0.632. The molecule has 4 N–H and O–H groups in total. The first kappa shape index (κ1) is 24.9. The van der Waals surface area contributed by atoms with Crippen molar-refractivity contribution in [3.63, 3.8) is 0 Å². The van der Waals surface area contributed by atoms with Crippen LogP contribution in [-0.4, -0.2) is 44.5 Å². The number of aromatic nitrogens is 4. The number of nitrogens with one attached hydrogen (secondary N) is 2. The van der Waals surface area contributed by atoms with Gasteiger partial charge in [0.2, 0.25) is 11.0 Å². The molecular formula is C19H31N7O3S2. The smallest absolute Gasteiger partial charge is 0.330 e. The van der Waals surface area contributed by atoms with E-state index in [4.69, 9.17) is 5.73 Å². The lowest BCUT2D eigenvalue weighted by Crippen LogP contribution is -2.42. The molecule has 2 rings (SSSR count). The van der Waals surface area contributed by atoms with Gasteiger partial charge in [-0.3, -0.25) is 19.1 Å². The van der Waals surface area contributed by atoms with E-state index < -0.39 is 11.2 Å². The molecule has 0 radical (unpaired) electrons. The fourth-order valence-electron chi connectivity index (χ4n) is 2.87. The van der Waals surface area contributed by atoms with Crippen LogP contribution in [0.3, 0.4) is 0 Å². The number of rotatable bonds is 13. The van der Waals surface area contributed by atoms with Crippen LogP contribution in [0.5, 0.6) is 0 Å². The summed E-state index contributed by atoms with van der Waals surface area (Å²) in [6.45, 7) is 7.54. The Bertz CT molecular complexity index is 970. The molecular weight excluding hydrogens is 438 g/mol. The van der Waals surface area contributed by atoms with Gasteiger partial charge in [0.1, 0.15) is 5.82 Å². The quantitative estimate of drug-likeness (QED) is 0.300. The lowest BCUT2D eigenvalue weighted by atomic mass is 10.2. The number of nitrogen functional groups attached to an aromatic ring is 1. The van der Waals surface area contributed by atoms with Crippen LogP contribution in [0.4, 0.5) is 16.6 Å². The molecule has 12 heteroatoms. The molecule has 2 aromatic heterocycles. The number of H-pyrrole nitrogens is 1. The van der Waals surface area contributed by atoms with E-state index >= 15 is 0 Å². The van der Waals surface area contributed by atoms with E-state index in [-0.39, 0.29) is 23.2 Å². The maximum absolute atomic E-state index is 13.0. The maximum atomic E-state index is 13.0. The average molecular weight is 470 g/mol. The second kappa shape index (κ2) is 12.5. The first-order valence-corrected chi connectivity index (χ1v) is 12.4. The highest BCUT2D eigenvalue weighted by atomic mass is 32.2. The van der Waals surface area contributed by atoms with Crippen LogP contribution in [0, 0.1) is 0 Å². The maximum Gasteiger partial charge on any atom is 0.330 e. The number of nitrogens with two attached hydrogens (primary N) is 1. The SMILES string of the molecule is CCCCNc1nnc(SCC(=O)N(CCCC)c2c(N)n(CCC)c(=O)[nH]c2=O)s1. The number of anilines is 3. The van der Waals surface area contributed by atoms with Crippen LogP contribution in [0.15, 0.2) is 13.9 Å². The monoisotopic (exact) mass is 469 g/mol. The van der Waals surface area contributed by atoms with Crippen molar-refractivity contribution in [3.8, 4) is 0 Å². The topological polar surface area (TPSA) is 139 Å². The van der Waals surface area contributed by atoms with Crippen molar-refractivity contribution in [2.24, 2.45) is 0 Å². The molecule has 0 aliphatic rings. The number of aromatic amines is 1. The first-order valence-electron chi connectivity index (χ1n) is 10.6. The van der Waals surface area contributed by atoms with Gasteiger partial charge in [0, 0.05) is 19.6 Å². The second-order valence-corrected chi connectivity index (χ2v) is 9.19. The van der Waals surface area contributed by atoms with Gasteiger partial charge in [-0.25, -0.2) is 4.79 Å². The molecule has 0 fully saturated rings. The van der Waals surface area contributed by atoms with Gasteiger partial charge >= 0.3 is 5.69 Å². The van der Waals surface area contributed by atoms with Gasteiger partial charge in [-0.2, -0.15) is 0 Å². The molecule has 10 nitrogen and oxygen atoms in total. The Kier molecular flexibility index (Phi) is 10.0. The van der Waals surface area contributed by atoms with Gasteiger partial charge < -0.3 is 16.0 Å². The molecule has 0 bridgehead atoms. The summed E-state index contributed by atoms with van der Waals surface area (Å²) in [6.07, 6.45) is 4.34. The van der Waals surface area contributed by atoms with Crippen molar-refractivity contribution in [3.05, 3.63) is 20.8 Å². The second-order valence-electron chi connectivity index (χ2n) is 6.99. The standard InChI is InChI=1S/C19H31N7O3S2/c1-4-7-9-21-17-23-24-19(31-17)30-12-13(27)25(11-8-5-2)14-15(20)26(10-6-3)18(29)22-16(14)28/h4-12,20H2,1-3H3,(H,21,23)(H,22,28,29). The number of amides is 1. The van der Waals surface area contributed by atoms with Gasteiger partial charge in [0.15, 0.2) is 10.0 Å². The van der Waals surface area contributed by atoms with Crippen LogP contribution in [-0.2, 0) is 11.3 Å². The van der Waals surface area contributed by atoms with Crippen LogP contribution < -0.4 is 27.2 Å². The number of thioether (sulfide) groups is 1. The highest BCUT2D eigenvalue weighted by Crippen LogP contribution is 2.27. The number of hydrogen-bond donors (Lipinski definition) is 3. The summed E-state index contributed by atoms with van der Waals surface area (Å²) < 4.78 is 1.97. The van der Waals surface area contributed by atoms with E-state index in [1.54, 1.807) is 0 Å². The molecule has 0 unspecified atom stereocenters. The lowest BCUT2D eigenvalue weighted by Gasteiger charge is -2.24. The van der Waals surface area contributed by atoms with Crippen LogP contribution in [0.2, 0.25) is 0 Å². The summed E-state index contributed by atoms with van der Waals surface area (Å²) in [5, 5.41) is 12.1. The molecule has 0 saturated carbocycles. The Morgan fingerprint density at radius 2 is 1.94 bits per heavy atom. The Balaban J connectivity index is 2.19. The van der Waals surface area contributed by atoms with Gasteiger partial charge in [0.25, 0.3) is 5.56 Å². The average Bonchev–Trinajstić information content (AvgIpc) is 3.19. The van der Waals surface area contributed by atoms with E-state index in [1.807, 2.05) is 13.8 Å². The summed E-state index contributed by atoms with van der Waals surface area (Å²) in [4.78, 5) is 41.4. The Labute approximate surface area is 189 Å². The lowest BCUT2D eigenvalue weighted by molar-refractivity contribution is -0.116. The molecule has 0 saturated heterocycles. The minimum Gasteiger partial charge on any atom is -0.383 e. The zero-order chi connectivity index (χ0) is 22.8. The zero-order valence-corrected chi connectivity index (χ0v) is 19.9. The van der Waals surface area contributed by atoms with Crippen molar-refractivity contribution in [2.45, 2.75) is 63.8 Å². The summed E-state index contributed by atoms with van der Waals surface area (Å²) in [5.74, 6) is -0.171. The third kappa shape index (κ3) is 6.82. The third-order valence-corrected chi connectivity index (χ3v) is 6.50. The van der Waals surface area contributed by atoms with E-state index in [9.17, 15) is 14.4 Å². The van der Waals surface area contributed by atoms with E-state index in [1.165, 1.54) is 32.6 Å². The van der Waals surface area contributed by atoms with E-state index in [2.05, 4.69) is 27.4 Å². The van der Waals surface area contributed by atoms with Crippen molar-refractivity contribution < 1.29 is 4.79 Å². The van der Waals surface area contributed by atoms with Crippen molar-refractivity contribution >= 4 is 45.6 Å². The minimum absolute atomic E-state index is 0.0170. The van der Waals surface area contributed by atoms with E-state index in [0.717, 1.165) is 30.9 Å². The first-order chi connectivity index (χ1) is 14.9. The molecule has 1 amide bonds. The Morgan fingerprint density at radius 3 is 2.61 bits per heavy atom. The van der Waals surface area contributed by atoms with Crippen LogP contribution in [0.1, 0.15) is 52.9 Å².